The molecule has 0 amide bonds. The van der Waals surface area contributed by atoms with Crippen molar-refractivity contribution in [1.29, 1.82) is 0 Å². The summed E-state index contributed by atoms with van der Waals surface area (Å²) in [4.78, 5) is 0. The highest BCUT2D eigenvalue weighted by Gasteiger charge is 2.50. The maximum Gasteiger partial charge on any atom is 0.0809 e. The molecule has 3 aliphatic rings. The number of fused-ring (bicyclic) bond motifs is 1. The second-order valence-electron chi connectivity index (χ2n) is 10.4. The Balaban J connectivity index is 1.68. The van der Waals surface area contributed by atoms with Gasteiger partial charge in [-0.25, -0.2) is 0 Å². The minimum atomic E-state index is -0.613. The highest BCUT2D eigenvalue weighted by molar-refractivity contribution is 5.29. The fraction of sp³-hybridized carbons (Fsp3) is 0.769. The second-order valence-corrected chi connectivity index (χ2v) is 10.4. The predicted molar refractivity (Wildman–Crippen MR) is 119 cm³/mol. The molecule has 3 nitrogen and oxygen atoms in total. The minimum absolute atomic E-state index is 0.180. The largest absolute Gasteiger partial charge is 0.393 e. The van der Waals surface area contributed by atoms with Crippen LogP contribution in [0.25, 0.3) is 0 Å². The maximum absolute atomic E-state index is 10.1. The van der Waals surface area contributed by atoms with Gasteiger partial charge in [-0.1, -0.05) is 56.6 Å². The van der Waals surface area contributed by atoms with Gasteiger partial charge in [0, 0.05) is 0 Å². The number of rotatable bonds is 6. The Morgan fingerprint density at radius 3 is 2.45 bits per heavy atom. The lowest BCUT2D eigenvalue weighted by atomic mass is 9.60. The third kappa shape index (κ3) is 5.06. The van der Waals surface area contributed by atoms with E-state index in [9.17, 15) is 15.3 Å². The van der Waals surface area contributed by atoms with Crippen molar-refractivity contribution in [3.8, 4) is 0 Å². The van der Waals surface area contributed by atoms with Crippen molar-refractivity contribution in [2.24, 2.45) is 23.2 Å². The van der Waals surface area contributed by atoms with Gasteiger partial charge in [-0.2, -0.15) is 0 Å². The third-order valence-electron chi connectivity index (χ3n) is 8.31. The fourth-order valence-corrected chi connectivity index (χ4v) is 6.58. The van der Waals surface area contributed by atoms with Crippen LogP contribution in [0.15, 0.2) is 35.5 Å². The normalized spacial score (nSPS) is 38.8. The molecular weight excluding hydrogens is 360 g/mol. The highest BCUT2D eigenvalue weighted by atomic mass is 16.3. The summed E-state index contributed by atoms with van der Waals surface area (Å²) >= 11 is 0. The smallest absolute Gasteiger partial charge is 0.0809 e. The molecule has 3 saturated carbocycles. The lowest BCUT2D eigenvalue weighted by Gasteiger charge is -2.44. The monoisotopic (exact) mass is 402 g/mol. The number of hydrogen-bond donors (Lipinski definition) is 3. The van der Waals surface area contributed by atoms with Crippen LogP contribution in [0.5, 0.6) is 0 Å². The van der Waals surface area contributed by atoms with Gasteiger partial charge in [-0.05, 0) is 87.0 Å². The summed E-state index contributed by atoms with van der Waals surface area (Å²) in [5.41, 5.74) is 3.67. The Morgan fingerprint density at radius 2 is 1.79 bits per heavy atom. The van der Waals surface area contributed by atoms with Gasteiger partial charge in [0.1, 0.15) is 0 Å². The Kier molecular flexibility index (Phi) is 7.46. The van der Waals surface area contributed by atoms with Crippen molar-refractivity contribution >= 4 is 0 Å². The molecule has 3 N–H and O–H groups in total. The molecule has 0 aliphatic heterocycles. The Bertz CT molecular complexity index is 630. The Hall–Kier alpha value is -0.900. The van der Waals surface area contributed by atoms with E-state index < -0.39 is 12.2 Å². The van der Waals surface area contributed by atoms with E-state index in [2.05, 4.69) is 32.6 Å². The Morgan fingerprint density at radius 1 is 1.10 bits per heavy atom. The van der Waals surface area contributed by atoms with Gasteiger partial charge < -0.3 is 15.3 Å². The molecule has 0 aromatic heterocycles. The summed E-state index contributed by atoms with van der Waals surface area (Å²) < 4.78 is 0. The van der Waals surface area contributed by atoms with E-state index >= 15 is 0 Å². The zero-order chi connectivity index (χ0) is 21.2. The first-order valence-electron chi connectivity index (χ1n) is 11.8. The highest BCUT2D eigenvalue weighted by Crippen LogP contribution is 2.59. The van der Waals surface area contributed by atoms with Crippen molar-refractivity contribution in [2.45, 2.75) is 103 Å². The molecule has 3 rings (SSSR count). The summed E-state index contributed by atoms with van der Waals surface area (Å²) in [6.45, 7) is 10.7. The summed E-state index contributed by atoms with van der Waals surface area (Å²) in [6.07, 6.45) is 14.0. The van der Waals surface area contributed by atoms with E-state index in [1.165, 1.54) is 38.5 Å². The fourth-order valence-electron chi connectivity index (χ4n) is 6.58. The number of allylic oxidation sites excluding steroid dienone is 3. The molecular formula is C26H42O3. The molecule has 3 aliphatic carbocycles. The van der Waals surface area contributed by atoms with Crippen molar-refractivity contribution < 1.29 is 15.3 Å². The van der Waals surface area contributed by atoms with Gasteiger partial charge in [-0.3, -0.25) is 0 Å². The van der Waals surface area contributed by atoms with Gasteiger partial charge >= 0.3 is 0 Å². The molecule has 0 spiro atoms. The third-order valence-corrected chi connectivity index (χ3v) is 8.31. The quantitative estimate of drug-likeness (QED) is 0.527. The SMILES string of the molecule is C=C1[C@H](O)CC(=CC=C2CCC[C@]3(C)[C@@H]([C@@H](C)CCCC(C)O)CC[C@@H]23)C[C@H]1O. The van der Waals surface area contributed by atoms with Crippen molar-refractivity contribution in [2.75, 3.05) is 0 Å². The molecule has 0 saturated heterocycles. The molecule has 3 heteroatoms. The van der Waals surface area contributed by atoms with Crippen LogP contribution < -0.4 is 0 Å². The first kappa shape index (κ1) is 22.8. The van der Waals surface area contributed by atoms with Crippen LogP contribution in [0.3, 0.4) is 0 Å². The standard InChI is InChI=1S/C26H42O3/c1-17(7-5-8-18(2)27)22-12-13-23-21(9-6-14-26(22,23)4)11-10-20-15-24(28)19(3)25(29)16-20/h10-11,17-18,22-25,27-29H,3,5-9,12-16H2,1-2,4H3/t17-,18?,22+,23-,24+,25+,26+/m0/s1. The lowest BCUT2D eigenvalue weighted by Crippen LogP contribution is -2.36. The average Bonchev–Trinajstić information content (AvgIpc) is 3.01. The molecule has 3 fully saturated rings. The van der Waals surface area contributed by atoms with Crippen LogP contribution in [-0.2, 0) is 0 Å². The van der Waals surface area contributed by atoms with Gasteiger partial charge in [0.15, 0.2) is 0 Å². The molecule has 7 atom stereocenters. The van der Waals surface area contributed by atoms with E-state index in [-0.39, 0.29) is 6.10 Å². The lowest BCUT2D eigenvalue weighted by molar-refractivity contribution is 0.0907. The topological polar surface area (TPSA) is 60.7 Å². The summed E-state index contributed by atoms with van der Waals surface area (Å²) in [6, 6.07) is 0. The number of aliphatic hydroxyl groups excluding tert-OH is 3. The van der Waals surface area contributed by atoms with E-state index in [0.29, 0.717) is 29.7 Å². The van der Waals surface area contributed by atoms with Crippen LogP contribution in [-0.4, -0.2) is 33.6 Å². The molecule has 0 heterocycles. The van der Waals surface area contributed by atoms with Crippen LogP contribution in [0.4, 0.5) is 0 Å². The van der Waals surface area contributed by atoms with Crippen LogP contribution in [0, 0.1) is 23.2 Å². The molecule has 0 bridgehead atoms. The summed E-state index contributed by atoms with van der Waals surface area (Å²) in [5.74, 6) is 2.17. The average molecular weight is 403 g/mol. The maximum atomic E-state index is 10.1. The first-order chi connectivity index (χ1) is 13.7. The molecule has 1 unspecified atom stereocenters. The van der Waals surface area contributed by atoms with Crippen LogP contribution in [0.1, 0.15) is 85.0 Å². The van der Waals surface area contributed by atoms with E-state index in [1.54, 1.807) is 5.57 Å². The van der Waals surface area contributed by atoms with Crippen LogP contribution in [0.2, 0.25) is 0 Å². The molecule has 164 valence electrons. The second kappa shape index (κ2) is 9.49. The van der Waals surface area contributed by atoms with Crippen molar-refractivity contribution in [3.05, 3.63) is 35.5 Å². The van der Waals surface area contributed by atoms with Gasteiger partial charge in [0.2, 0.25) is 0 Å². The van der Waals surface area contributed by atoms with Gasteiger partial charge in [0.05, 0.1) is 18.3 Å². The van der Waals surface area contributed by atoms with Crippen molar-refractivity contribution in [1.82, 2.24) is 0 Å². The van der Waals surface area contributed by atoms with E-state index in [4.69, 9.17) is 0 Å². The zero-order valence-corrected chi connectivity index (χ0v) is 18.7. The summed E-state index contributed by atoms with van der Waals surface area (Å²) in [7, 11) is 0. The van der Waals surface area contributed by atoms with Crippen LogP contribution >= 0.6 is 0 Å². The molecule has 0 aromatic carbocycles. The predicted octanol–water partition coefficient (Wildman–Crippen LogP) is 5.31. The van der Waals surface area contributed by atoms with E-state index in [0.717, 1.165) is 30.3 Å². The first-order valence-corrected chi connectivity index (χ1v) is 11.8. The van der Waals surface area contributed by atoms with Gasteiger partial charge in [-0.15, -0.1) is 0 Å². The molecule has 0 aromatic rings. The van der Waals surface area contributed by atoms with E-state index in [1.807, 2.05) is 6.92 Å². The molecule has 0 radical (unpaired) electrons. The Labute approximate surface area is 177 Å². The molecule has 29 heavy (non-hydrogen) atoms. The number of hydrogen-bond acceptors (Lipinski definition) is 3. The minimum Gasteiger partial charge on any atom is -0.393 e. The summed E-state index contributed by atoms with van der Waals surface area (Å²) in [5, 5.41) is 29.8. The van der Waals surface area contributed by atoms with Crippen molar-refractivity contribution in [3.63, 3.8) is 0 Å². The number of aliphatic hydroxyl groups is 3. The van der Waals surface area contributed by atoms with Gasteiger partial charge in [0.25, 0.3) is 0 Å². The zero-order valence-electron chi connectivity index (χ0n) is 18.7.